The summed E-state index contributed by atoms with van der Waals surface area (Å²) in [6.45, 7) is 1.94. The van der Waals surface area contributed by atoms with E-state index in [1.807, 2.05) is 6.92 Å². The molecule has 4 aliphatic carbocycles. The lowest BCUT2D eigenvalue weighted by Gasteiger charge is -2.55. The maximum absolute atomic E-state index is 6.33. The summed E-state index contributed by atoms with van der Waals surface area (Å²) in [5.74, 6) is 6.41. The quantitative estimate of drug-likeness (QED) is 0.905. The topological polar surface area (TPSA) is 52.0 Å². The predicted octanol–water partition coefficient (Wildman–Crippen LogP) is 3.45. The maximum atomic E-state index is 6.33. The van der Waals surface area contributed by atoms with E-state index in [9.17, 15) is 0 Å². The highest BCUT2D eigenvalue weighted by molar-refractivity contribution is 5.01. The maximum Gasteiger partial charge on any atom is 0.211 e. The molecule has 0 amide bonds. The normalized spacial score (nSPS) is 41.7. The number of aromatic nitrogens is 1. The fraction of sp³-hybridized carbons (Fsp3) is 0.812. The van der Waals surface area contributed by atoms with E-state index in [4.69, 9.17) is 10.2 Å². The molecule has 0 aliphatic heterocycles. The Balaban J connectivity index is 1.48. The third-order valence-electron chi connectivity index (χ3n) is 5.90. The smallest absolute Gasteiger partial charge is 0.211 e. The Bertz CT molecular complexity index is 439. The molecule has 1 atom stereocenters. The molecule has 1 aromatic heterocycles. The Kier molecular flexibility index (Phi) is 2.73. The van der Waals surface area contributed by atoms with Crippen molar-refractivity contribution in [1.29, 1.82) is 0 Å². The second-order valence-electron chi connectivity index (χ2n) is 7.25. The average molecular weight is 260 g/mol. The zero-order chi connectivity index (χ0) is 13.0. The molecule has 4 aliphatic rings. The van der Waals surface area contributed by atoms with E-state index >= 15 is 0 Å². The number of hydrogen-bond acceptors (Lipinski definition) is 3. The number of hydrogen-bond donors (Lipinski definition) is 1. The first-order valence-corrected chi connectivity index (χ1v) is 7.87. The summed E-state index contributed by atoms with van der Waals surface area (Å²) in [4.78, 5) is 4.31. The Labute approximate surface area is 115 Å². The van der Waals surface area contributed by atoms with Crippen LogP contribution in [0.25, 0.3) is 0 Å². The minimum absolute atomic E-state index is 0.00349. The zero-order valence-corrected chi connectivity index (χ0v) is 11.7. The minimum atomic E-state index is -0.00349. The van der Waals surface area contributed by atoms with Crippen molar-refractivity contribution in [2.24, 2.45) is 35.3 Å². The van der Waals surface area contributed by atoms with Crippen LogP contribution in [0.3, 0.4) is 0 Å². The van der Waals surface area contributed by atoms with Crippen molar-refractivity contribution in [3.8, 4) is 0 Å². The second kappa shape index (κ2) is 4.34. The molecular weight excluding hydrogens is 236 g/mol. The van der Waals surface area contributed by atoms with Crippen molar-refractivity contribution in [2.45, 2.75) is 51.5 Å². The molecule has 4 fully saturated rings. The Morgan fingerprint density at radius 1 is 1.21 bits per heavy atom. The van der Waals surface area contributed by atoms with Crippen LogP contribution in [0.4, 0.5) is 0 Å². The highest BCUT2D eigenvalue weighted by Gasteiger charge is 2.48. The summed E-state index contributed by atoms with van der Waals surface area (Å²) in [6.07, 6.45) is 10.2. The predicted molar refractivity (Wildman–Crippen MR) is 73.3 cm³/mol. The van der Waals surface area contributed by atoms with Crippen molar-refractivity contribution in [3.63, 3.8) is 0 Å². The number of oxazole rings is 1. The molecule has 4 saturated carbocycles. The van der Waals surface area contributed by atoms with Crippen LogP contribution in [0.2, 0.25) is 0 Å². The summed E-state index contributed by atoms with van der Waals surface area (Å²) in [6, 6.07) is -0.00349. The summed E-state index contributed by atoms with van der Waals surface area (Å²) >= 11 is 0. The summed E-state index contributed by atoms with van der Waals surface area (Å²) in [7, 11) is 0. The monoisotopic (exact) mass is 260 g/mol. The number of nitrogens with zero attached hydrogens (tertiary/aromatic N) is 1. The Morgan fingerprint density at radius 3 is 2.37 bits per heavy atom. The molecule has 5 rings (SSSR count). The third-order valence-corrected chi connectivity index (χ3v) is 5.90. The van der Waals surface area contributed by atoms with Gasteiger partial charge in [0, 0.05) is 0 Å². The second-order valence-corrected chi connectivity index (χ2v) is 7.25. The van der Waals surface area contributed by atoms with Gasteiger partial charge in [-0.3, -0.25) is 0 Å². The summed E-state index contributed by atoms with van der Waals surface area (Å²) in [5, 5.41) is 0. The van der Waals surface area contributed by atoms with Crippen molar-refractivity contribution in [3.05, 3.63) is 17.8 Å². The van der Waals surface area contributed by atoms with Gasteiger partial charge < -0.3 is 10.2 Å². The molecular formula is C16H24N2O. The first-order chi connectivity index (χ1) is 9.19. The van der Waals surface area contributed by atoms with E-state index in [-0.39, 0.29) is 6.04 Å². The average Bonchev–Trinajstić information content (AvgIpc) is 2.79. The van der Waals surface area contributed by atoms with E-state index in [0.29, 0.717) is 0 Å². The van der Waals surface area contributed by atoms with Gasteiger partial charge in [-0.05, 0) is 75.0 Å². The highest BCUT2D eigenvalue weighted by atomic mass is 16.4. The van der Waals surface area contributed by atoms with Gasteiger partial charge in [0.05, 0.1) is 12.2 Å². The SMILES string of the molecule is Cc1cnc(C(N)CC2C3CC4CC(C3)CC2C4)o1. The van der Waals surface area contributed by atoms with Gasteiger partial charge in [-0.2, -0.15) is 0 Å². The van der Waals surface area contributed by atoms with Crippen LogP contribution in [-0.2, 0) is 0 Å². The fourth-order valence-corrected chi connectivity index (χ4v) is 5.36. The van der Waals surface area contributed by atoms with Crippen molar-refractivity contribution in [1.82, 2.24) is 4.98 Å². The Hall–Kier alpha value is -0.830. The van der Waals surface area contributed by atoms with Crippen molar-refractivity contribution < 1.29 is 4.42 Å². The lowest BCUT2D eigenvalue weighted by atomic mass is 9.51. The van der Waals surface area contributed by atoms with Gasteiger partial charge in [-0.25, -0.2) is 4.98 Å². The van der Waals surface area contributed by atoms with E-state index in [2.05, 4.69) is 4.98 Å². The van der Waals surface area contributed by atoms with Crippen LogP contribution in [0.1, 0.15) is 56.2 Å². The van der Waals surface area contributed by atoms with Gasteiger partial charge in [0.1, 0.15) is 5.76 Å². The van der Waals surface area contributed by atoms with Crippen molar-refractivity contribution in [2.75, 3.05) is 0 Å². The number of aryl methyl sites for hydroxylation is 1. The molecule has 0 spiro atoms. The molecule has 19 heavy (non-hydrogen) atoms. The molecule has 3 heteroatoms. The van der Waals surface area contributed by atoms with E-state index in [0.717, 1.165) is 47.7 Å². The molecule has 0 radical (unpaired) electrons. The molecule has 3 nitrogen and oxygen atoms in total. The molecule has 4 bridgehead atoms. The van der Waals surface area contributed by atoms with Gasteiger partial charge in [-0.1, -0.05) is 0 Å². The van der Waals surface area contributed by atoms with E-state index in [1.165, 1.54) is 32.1 Å². The van der Waals surface area contributed by atoms with Crippen LogP contribution in [0.15, 0.2) is 10.6 Å². The van der Waals surface area contributed by atoms with Crippen molar-refractivity contribution >= 4 is 0 Å². The van der Waals surface area contributed by atoms with E-state index < -0.39 is 0 Å². The molecule has 1 aromatic rings. The van der Waals surface area contributed by atoms with Crippen LogP contribution < -0.4 is 5.73 Å². The summed E-state index contributed by atoms with van der Waals surface area (Å²) < 4.78 is 5.60. The highest BCUT2D eigenvalue weighted by Crippen LogP contribution is 2.58. The van der Waals surface area contributed by atoms with Gasteiger partial charge in [-0.15, -0.1) is 0 Å². The lowest BCUT2D eigenvalue weighted by molar-refractivity contribution is -0.0428. The standard InChI is InChI=1S/C16H24N2O/c1-9-8-18-16(19-9)15(17)7-14-12-3-10-2-11(5-12)6-13(14)4-10/h8,10-15H,2-7,17H2,1H3. The van der Waals surface area contributed by atoms with Gasteiger partial charge in [0.15, 0.2) is 0 Å². The molecule has 104 valence electrons. The molecule has 0 saturated heterocycles. The molecule has 1 unspecified atom stereocenters. The van der Waals surface area contributed by atoms with Crippen LogP contribution in [0.5, 0.6) is 0 Å². The van der Waals surface area contributed by atoms with Crippen LogP contribution in [-0.4, -0.2) is 4.98 Å². The number of nitrogens with two attached hydrogens (primary N) is 1. The first kappa shape index (κ1) is 12.0. The zero-order valence-electron chi connectivity index (χ0n) is 11.7. The molecule has 0 aromatic carbocycles. The lowest BCUT2D eigenvalue weighted by Crippen LogP contribution is -2.45. The Morgan fingerprint density at radius 2 is 1.84 bits per heavy atom. The van der Waals surface area contributed by atoms with Gasteiger partial charge in [0.25, 0.3) is 0 Å². The largest absolute Gasteiger partial charge is 0.444 e. The minimum Gasteiger partial charge on any atom is -0.444 e. The van der Waals surface area contributed by atoms with Gasteiger partial charge >= 0.3 is 0 Å². The van der Waals surface area contributed by atoms with Gasteiger partial charge in [0.2, 0.25) is 5.89 Å². The first-order valence-electron chi connectivity index (χ1n) is 7.87. The fourth-order valence-electron chi connectivity index (χ4n) is 5.36. The molecule has 2 N–H and O–H groups in total. The third kappa shape index (κ3) is 2.03. The van der Waals surface area contributed by atoms with E-state index in [1.54, 1.807) is 6.20 Å². The summed E-state index contributed by atoms with van der Waals surface area (Å²) in [5.41, 5.74) is 6.33. The molecule has 1 heterocycles. The van der Waals surface area contributed by atoms with Crippen LogP contribution in [0, 0.1) is 36.5 Å². The number of rotatable bonds is 3. The van der Waals surface area contributed by atoms with Crippen LogP contribution >= 0.6 is 0 Å².